The molecule has 0 radical (unpaired) electrons. The highest BCUT2D eigenvalue weighted by Crippen LogP contribution is 2.35. The smallest absolute Gasteiger partial charge is 0.255 e. The van der Waals surface area contributed by atoms with Crippen LogP contribution >= 0.6 is 0 Å². The van der Waals surface area contributed by atoms with Crippen molar-refractivity contribution in [3.63, 3.8) is 0 Å². The fourth-order valence-corrected chi connectivity index (χ4v) is 5.69. The number of rotatable bonds is 8. The molecule has 3 atom stereocenters. The summed E-state index contributed by atoms with van der Waals surface area (Å²) in [5, 5.41) is 3.95. The molecule has 12 heteroatoms. The number of nitrogens with zero attached hydrogens (tertiary/aromatic N) is 5. The molecule has 198 valence electrons. The maximum Gasteiger partial charge on any atom is 0.255 e. The van der Waals surface area contributed by atoms with Crippen molar-refractivity contribution in [2.24, 2.45) is 11.8 Å². The number of sulfone groups is 1. The van der Waals surface area contributed by atoms with Gasteiger partial charge < -0.3 is 18.9 Å². The number of piperidine rings is 1. The first-order valence-electron chi connectivity index (χ1n) is 12.4. The van der Waals surface area contributed by atoms with Crippen molar-refractivity contribution in [3.8, 4) is 11.4 Å². The Morgan fingerprint density at radius 2 is 1.89 bits per heavy atom. The zero-order chi connectivity index (χ0) is 26.2. The van der Waals surface area contributed by atoms with Crippen molar-refractivity contribution < 1.29 is 26.8 Å². The molecule has 2 bridgehead atoms. The molecular formula is C25H30FN5O5S. The molecule has 2 aromatic heterocycles. The van der Waals surface area contributed by atoms with Gasteiger partial charge in [-0.2, -0.15) is 4.98 Å². The molecule has 0 N–H and O–H groups in total. The van der Waals surface area contributed by atoms with E-state index in [2.05, 4.69) is 31.9 Å². The summed E-state index contributed by atoms with van der Waals surface area (Å²) >= 11 is 0. The lowest BCUT2D eigenvalue weighted by Crippen LogP contribution is -2.57. The van der Waals surface area contributed by atoms with Crippen LogP contribution in [0.15, 0.2) is 40.0 Å². The van der Waals surface area contributed by atoms with Gasteiger partial charge in [0.25, 0.3) is 5.89 Å². The van der Waals surface area contributed by atoms with Crippen molar-refractivity contribution in [1.82, 2.24) is 20.1 Å². The first-order chi connectivity index (χ1) is 17.7. The molecule has 0 spiro atoms. The van der Waals surface area contributed by atoms with Crippen LogP contribution in [0.25, 0.3) is 11.4 Å². The first kappa shape index (κ1) is 25.7. The van der Waals surface area contributed by atoms with Crippen LogP contribution in [0, 0.1) is 17.7 Å². The molecule has 10 nitrogen and oxygen atoms in total. The summed E-state index contributed by atoms with van der Waals surface area (Å²) in [7, 11) is -3.67. The van der Waals surface area contributed by atoms with Gasteiger partial charge in [0.2, 0.25) is 11.8 Å². The minimum atomic E-state index is -3.67. The minimum absolute atomic E-state index is 0.0683. The SMILES string of the molecule is CCCc1cnc(N2CC3COCC(C2)C3O[C@H](C)c2nc(-c3ccc(S(C)(=O)=O)c(F)c3)no2)nc1. The van der Waals surface area contributed by atoms with E-state index in [4.69, 9.17) is 14.0 Å². The first-order valence-corrected chi connectivity index (χ1v) is 14.2. The molecule has 0 aliphatic carbocycles. The van der Waals surface area contributed by atoms with Gasteiger partial charge in [-0.15, -0.1) is 0 Å². The Morgan fingerprint density at radius 3 is 2.51 bits per heavy atom. The zero-order valence-electron chi connectivity index (χ0n) is 21.0. The van der Waals surface area contributed by atoms with E-state index >= 15 is 0 Å². The van der Waals surface area contributed by atoms with Crippen LogP contribution in [-0.2, 0) is 25.7 Å². The van der Waals surface area contributed by atoms with Crippen molar-refractivity contribution in [1.29, 1.82) is 0 Å². The Bertz CT molecular complexity index is 1340. The third kappa shape index (κ3) is 5.51. The van der Waals surface area contributed by atoms with Gasteiger partial charge in [0.05, 0.1) is 19.3 Å². The number of aromatic nitrogens is 4. The lowest BCUT2D eigenvalue weighted by Gasteiger charge is -2.47. The molecule has 37 heavy (non-hydrogen) atoms. The van der Waals surface area contributed by atoms with Crippen LogP contribution in [-0.4, -0.2) is 67.2 Å². The number of hydrogen-bond donors (Lipinski definition) is 0. The van der Waals surface area contributed by atoms with E-state index in [-0.39, 0.29) is 34.6 Å². The van der Waals surface area contributed by atoms with E-state index in [0.717, 1.165) is 36.7 Å². The molecule has 1 aromatic carbocycles. The molecule has 5 rings (SSSR count). The van der Waals surface area contributed by atoms with E-state index < -0.39 is 21.8 Å². The topological polar surface area (TPSA) is 121 Å². The summed E-state index contributed by atoms with van der Waals surface area (Å²) in [6, 6.07) is 3.74. The van der Waals surface area contributed by atoms with Gasteiger partial charge in [-0.3, -0.25) is 0 Å². The van der Waals surface area contributed by atoms with Gasteiger partial charge in [-0.25, -0.2) is 22.8 Å². The fourth-order valence-electron chi connectivity index (χ4n) is 4.97. The maximum atomic E-state index is 14.3. The average molecular weight is 532 g/mol. The van der Waals surface area contributed by atoms with Crippen LogP contribution in [0.2, 0.25) is 0 Å². The van der Waals surface area contributed by atoms with Crippen LogP contribution < -0.4 is 4.90 Å². The molecular weight excluding hydrogens is 501 g/mol. The molecule has 0 saturated carbocycles. The van der Waals surface area contributed by atoms with Crippen LogP contribution in [0.3, 0.4) is 0 Å². The quantitative estimate of drug-likeness (QED) is 0.428. The zero-order valence-corrected chi connectivity index (χ0v) is 21.8. The van der Waals surface area contributed by atoms with Gasteiger partial charge in [0.1, 0.15) is 16.8 Å². The highest BCUT2D eigenvalue weighted by Gasteiger charge is 2.43. The van der Waals surface area contributed by atoms with Crippen molar-refractivity contribution in [2.75, 3.05) is 37.5 Å². The van der Waals surface area contributed by atoms with E-state index in [1.165, 1.54) is 12.1 Å². The fraction of sp³-hybridized carbons (Fsp3) is 0.520. The predicted molar refractivity (Wildman–Crippen MR) is 132 cm³/mol. The summed E-state index contributed by atoms with van der Waals surface area (Å²) in [5.74, 6) is 0.520. The maximum absolute atomic E-state index is 14.3. The molecule has 2 unspecified atom stereocenters. The summed E-state index contributed by atoms with van der Waals surface area (Å²) in [6.45, 7) is 6.53. The molecule has 0 amide bonds. The Hall–Kier alpha value is -2.96. The van der Waals surface area contributed by atoms with Gasteiger partial charge in [-0.05, 0) is 37.1 Å². The monoisotopic (exact) mass is 531 g/mol. The molecule has 2 aliphatic rings. The van der Waals surface area contributed by atoms with Crippen molar-refractivity contribution >= 4 is 15.8 Å². The van der Waals surface area contributed by atoms with E-state index in [1.54, 1.807) is 0 Å². The van der Waals surface area contributed by atoms with Crippen LogP contribution in [0.4, 0.5) is 10.3 Å². The van der Waals surface area contributed by atoms with Crippen LogP contribution in [0.5, 0.6) is 0 Å². The minimum Gasteiger partial charge on any atom is -0.381 e. The molecule has 3 aromatic rings. The Labute approximate surface area is 215 Å². The number of fused-ring (bicyclic) bond motifs is 2. The number of ether oxygens (including phenoxy) is 2. The number of hydrogen-bond acceptors (Lipinski definition) is 10. The second-order valence-corrected chi connectivity index (χ2v) is 11.7. The van der Waals surface area contributed by atoms with E-state index in [0.29, 0.717) is 31.9 Å². The van der Waals surface area contributed by atoms with Crippen molar-refractivity contribution in [2.45, 2.75) is 43.8 Å². The number of aryl methyl sites for hydroxylation is 1. The molecule has 4 heterocycles. The average Bonchev–Trinajstić information content (AvgIpc) is 3.34. The van der Waals surface area contributed by atoms with Gasteiger partial charge in [0.15, 0.2) is 9.84 Å². The molecule has 2 aliphatic heterocycles. The number of anilines is 1. The van der Waals surface area contributed by atoms with Gasteiger partial charge >= 0.3 is 0 Å². The molecule has 2 fully saturated rings. The van der Waals surface area contributed by atoms with Crippen molar-refractivity contribution in [3.05, 3.63) is 47.9 Å². The van der Waals surface area contributed by atoms with E-state index in [1.807, 2.05) is 19.3 Å². The van der Waals surface area contributed by atoms with Gasteiger partial charge in [-0.1, -0.05) is 18.5 Å². The lowest BCUT2D eigenvalue weighted by molar-refractivity contribution is -0.146. The van der Waals surface area contributed by atoms with Gasteiger partial charge in [0, 0.05) is 49.1 Å². The summed E-state index contributed by atoms with van der Waals surface area (Å²) in [4.78, 5) is 15.4. The Morgan fingerprint density at radius 1 is 1.19 bits per heavy atom. The number of halogens is 1. The lowest BCUT2D eigenvalue weighted by atomic mass is 9.84. The second kappa shape index (κ2) is 10.4. The number of benzene rings is 1. The third-order valence-electron chi connectivity index (χ3n) is 6.76. The Balaban J connectivity index is 1.26. The Kier molecular flexibility index (Phi) is 7.24. The van der Waals surface area contributed by atoms with E-state index in [9.17, 15) is 12.8 Å². The summed E-state index contributed by atoms with van der Waals surface area (Å²) < 4.78 is 55.3. The standard InChI is InChI=1S/C25H30FN5O5S/c1-4-5-16-9-27-25(28-10-16)31-11-18-13-34-14-19(12-31)22(18)35-15(2)24-29-23(30-36-24)17-6-7-21(20(26)8-17)37(3,32)33/h6-10,15,18-19,22H,4-5,11-14H2,1-3H3/t15-,18?,19?,22?/m1/s1. The largest absolute Gasteiger partial charge is 0.381 e. The third-order valence-corrected chi connectivity index (χ3v) is 7.89. The predicted octanol–water partition coefficient (Wildman–Crippen LogP) is 3.25. The highest BCUT2D eigenvalue weighted by molar-refractivity contribution is 7.90. The molecule has 2 saturated heterocycles. The second-order valence-electron chi connectivity index (χ2n) is 9.72. The highest BCUT2D eigenvalue weighted by atomic mass is 32.2. The van der Waals surface area contributed by atoms with Crippen LogP contribution in [0.1, 0.15) is 37.8 Å². The summed E-state index contributed by atoms with van der Waals surface area (Å²) in [6.07, 6.45) is 6.21. The normalized spacial score (nSPS) is 22.7. The summed E-state index contributed by atoms with van der Waals surface area (Å²) in [5.41, 5.74) is 1.45.